The van der Waals surface area contributed by atoms with Crippen molar-refractivity contribution in [2.24, 2.45) is 28.6 Å². The molecule has 0 N–H and O–H groups in total. The Hall–Kier alpha value is -0.520. The fraction of sp³-hybridized carbons (Fsp3) is 0.800. The van der Waals surface area contributed by atoms with Gasteiger partial charge in [-0.1, -0.05) is 44.9 Å². The molecule has 3 aliphatic rings. The van der Waals surface area contributed by atoms with E-state index in [1.54, 1.807) is 0 Å². The zero-order valence-corrected chi connectivity index (χ0v) is 13.8. The van der Waals surface area contributed by atoms with Gasteiger partial charge in [0.2, 0.25) is 0 Å². The zero-order valence-electron chi connectivity index (χ0n) is 13.8. The van der Waals surface area contributed by atoms with Gasteiger partial charge in [0.15, 0.2) is 0 Å². The second kappa shape index (κ2) is 5.04. The predicted molar refractivity (Wildman–Crippen MR) is 87.6 cm³/mol. The third-order valence-electron chi connectivity index (χ3n) is 7.37. The standard InChI is InChI=1S/C20H32/c1-5-17-16-11-10-15-9-7-8-13-20(15,4)18(16)12-14-19(17,3)6-2/h6,9,16-18H,2,5,7-8,10-14H2,1,3-4H3. The lowest BCUT2D eigenvalue weighted by Gasteiger charge is -2.58. The Kier molecular flexibility index (Phi) is 3.63. The monoisotopic (exact) mass is 272 g/mol. The molecule has 5 unspecified atom stereocenters. The molecule has 3 rings (SSSR count). The van der Waals surface area contributed by atoms with Crippen LogP contribution >= 0.6 is 0 Å². The molecule has 5 atom stereocenters. The van der Waals surface area contributed by atoms with Crippen molar-refractivity contribution < 1.29 is 0 Å². The van der Waals surface area contributed by atoms with Gasteiger partial charge in [0, 0.05) is 0 Å². The van der Waals surface area contributed by atoms with Gasteiger partial charge in [-0.3, -0.25) is 0 Å². The second-order valence-electron chi connectivity index (χ2n) is 8.11. The minimum atomic E-state index is 0.391. The van der Waals surface area contributed by atoms with Crippen molar-refractivity contribution in [1.82, 2.24) is 0 Å². The first-order valence-electron chi connectivity index (χ1n) is 8.88. The van der Waals surface area contributed by atoms with Crippen LogP contribution in [0, 0.1) is 28.6 Å². The summed E-state index contributed by atoms with van der Waals surface area (Å²) < 4.78 is 0. The Bertz CT molecular complexity index is 418. The summed E-state index contributed by atoms with van der Waals surface area (Å²) >= 11 is 0. The summed E-state index contributed by atoms with van der Waals surface area (Å²) in [6.07, 6.45) is 16.0. The van der Waals surface area contributed by atoms with Crippen LogP contribution < -0.4 is 0 Å². The maximum absolute atomic E-state index is 4.18. The number of allylic oxidation sites excluding steroid dienone is 3. The van der Waals surface area contributed by atoms with E-state index in [1.807, 2.05) is 5.57 Å². The SMILES string of the molecule is C=CC1(C)CCC2C(CCC3=CCCCC32C)C1CC. The summed E-state index contributed by atoms with van der Waals surface area (Å²) in [6, 6.07) is 0. The van der Waals surface area contributed by atoms with E-state index in [2.05, 4.69) is 39.5 Å². The average molecular weight is 272 g/mol. The lowest BCUT2D eigenvalue weighted by Crippen LogP contribution is -2.49. The van der Waals surface area contributed by atoms with E-state index in [-0.39, 0.29) is 0 Å². The van der Waals surface area contributed by atoms with E-state index in [0.29, 0.717) is 10.8 Å². The molecule has 0 radical (unpaired) electrons. The van der Waals surface area contributed by atoms with Gasteiger partial charge in [-0.2, -0.15) is 0 Å². The van der Waals surface area contributed by atoms with Crippen molar-refractivity contribution in [3.8, 4) is 0 Å². The van der Waals surface area contributed by atoms with Gasteiger partial charge >= 0.3 is 0 Å². The maximum atomic E-state index is 4.18. The van der Waals surface area contributed by atoms with Crippen LogP contribution in [-0.4, -0.2) is 0 Å². The highest BCUT2D eigenvalue weighted by Crippen LogP contribution is 2.62. The lowest BCUT2D eigenvalue weighted by atomic mass is 9.46. The van der Waals surface area contributed by atoms with E-state index in [4.69, 9.17) is 0 Å². The van der Waals surface area contributed by atoms with Crippen LogP contribution in [0.4, 0.5) is 0 Å². The van der Waals surface area contributed by atoms with Crippen LogP contribution in [0.25, 0.3) is 0 Å². The highest BCUT2D eigenvalue weighted by Gasteiger charge is 2.53. The minimum Gasteiger partial charge on any atom is -0.103 e. The summed E-state index contributed by atoms with van der Waals surface area (Å²) in [5.41, 5.74) is 2.75. The molecule has 20 heavy (non-hydrogen) atoms. The van der Waals surface area contributed by atoms with Gasteiger partial charge in [-0.05, 0) is 73.5 Å². The van der Waals surface area contributed by atoms with Gasteiger partial charge in [-0.15, -0.1) is 6.58 Å². The molecule has 0 nitrogen and oxygen atoms in total. The topological polar surface area (TPSA) is 0 Å². The molecule has 0 aromatic heterocycles. The van der Waals surface area contributed by atoms with Gasteiger partial charge in [0.05, 0.1) is 0 Å². The van der Waals surface area contributed by atoms with E-state index in [0.717, 1.165) is 17.8 Å². The Balaban J connectivity index is 1.94. The first-order chi connectivity index (χ1) is 9.55. The molecule has 0 amide bonds. The number of rotatable bonds is 2. The van der Waals surface area contributed by atoms with Gasteiger partial charge < -0.3 is 0 Å². The van der Waals surface area contributed by atoms with Crippen LogP contribution in [0.15, 0.2) is 24.3 Å². The lowest BCUT2D eigenvalue weighted by molar-refractivity contribution is -0.0336. The Labute approximate surface area is 125 Å². The fourth-order valence-electron chi connectivity index (χ4n) is 6.12. The molecule has 2 fully saturated rings. The quantitative estimate of drug-likeness (QED) is 0.529. The largest absolute Gasteiger partial charge is 0.103 e. The van der Waals surface area contributed by atoms with Crippen molar-refractivity contribution in [2.45, 2.75) is 72.1 Å². The smallest absolute Gasteiger partial charge is 0.00853 e. The Morgan fingerprint density at radius 2 is 2.10 bits per heavy atom. The molecular formula is C20H32. The molecule has 0 aliphatic heterocycles. The molecule has 0 bridgehead atoms. The van der Waals surface area contributed by atoms with Crippen molar-refractivity contribution in [3.05, 3.63) is 24.3 Å². The van der Waals surface area contributed by atoms with Crippen LogP contribution in [0.1, 0.15) is 72.1 Å². The third-order valence-corrected chi connectivity index (χ3v) is 7.37. The van der Waals surface area contributed by atoms with Gasteiger partial charge in [0.25, 0.3) is 0 Å². The van der Waals surface area contributed by atoms with Crippen molar-refractivity contribution >= 4 is 0 Å². The van der Waals surface area contributed by atoms with Gasteiger partial charge in [-0.25, -0.2) is 0 Å². The van der Waals surface area contributed by atoms with E-state index in [1.165, 1.54) is 51.4 Å². The number of hydrogen-bond donors (Lipinski definition) is 0. The average Bonchev–Trinajstić information content (AvgIpc) is 2.46. The van der Waals surface area contributed by atoms with Crippen LogP contribution in [0.5, 0.6) is 0 Å². The van der Waals surface area contributed by atoms with E-state index in [9.17, 15) is 0 Å². The summed E-state index contributed by atoms with van der Waals surface area (Å²) in [7, 11) is 0. The summed E-state index contributed by atoms with van der Waals surface area (Å²) in [6.45, 7) is 11.7. The molecule has 0 aromatic carbocycles. The maximum Gasteiger partial charge on any atom is -0.00853 e. The highest BCUT2D eigenvalue weighted by molar-refractivity contribution is 5.23. The first-order valence-corrected chi connectivity index (χ1v) is 8.88. The van der Waals surface area contributed by atoms with Crippen LogP contribution in [-0.2, 0) is 0 Å². The number of hydrogen-bond acceptors (Lipinski definition) is 0. The molecule has 112 valence electrons. The molecule has 0 spiro atoms. The zero-order chi connectivity index (χ0) is 14.4. The van der Waals surface area contributed by atoms with Crippen LogP contribution in [0.2, 0.25) is 0 Å². The minimum absolute atomic E-state index is 0.391. The normalized spacial score (nSPS) is 48.0. The summed E-state index contributed by atoms with van der Waals surface area (Å²) in [5, 5.41) is 0. The molecule has 0 saturated heterocycles. The Morgan fingerprint density at radius 3 is 2.80 bits per heavy atom. The molecule has 2 saturated carbocycles. The highest BCUT2D eigenvalue weighted by atomic mass is 14.6. The molecular weight excluding hydrogens is 240 g/mol. The van der Waals surface area contributed by atoms with Crippen LogP contribution in [0.3, 0.4) is 0 Å². The predicted octanol–water partition coefficient (Wildman–Crippen LogP) is 6.14. The molecule has 0 heterocycles. The van der Waals surface area contributed by atoms with E-state index < -0.39 is 0 Å². The fourth-order valence-corrected chi connectivity index (χ4v) is 6.12. The summed E-state index contributed by atoms with van der Waals surface area (Å²) in [4.78, 5) is 0. The first kappa shape index (κ1) is 14.4. The molecule has 0 aromatic rings. The van der Waals surface area contributed by atoms with Crippen molar-refractivity contribution in [1.29, 1.82) is 0 Å². The third kappa shape index (κ3) is 1.94. The van der Waals surface area contributed by atoms with Gasteiger partial charge in [0.1, 0.15) is 0 Å². The van der Waals surface area contributed by atoms with Crippen molar-refractivity contribution in [2.75, 3.05) is 0 Å². The second-order valence-corrected chi connectivity index (χ2v) is 8.11. The Morgan fingerprint density at radius 1 is 1.30 bits per heavy atom. The molecule has 3 aliphatic carbocycles. The molecule has 0 heteroatoms. The van der Waals surface area contributed by atoms with E-state index >= 15 is 0 Å². The summed E-state index contributed by atoms with van der Waals surface area (Å²) in [5.74, 6) is 2.75. The number of fused-ring (bicyclic) bond motifs is 3. The van der Waals surface area contributed by atoms with Crippen molar-refractivity contribution in [3.63, 3.8) is 0 Å².